The number of benzene rings is 2. The molecule has 0 unspecified atom stereocenters. The zero-order valence-corrected chi connectivity index (χ0v) is 22.5. The van der Waals surface area contributed by atoms with Crippen molar-refractivity contribution in [2.24, 2.45) is 0 Å². The Morgan fingerprint density at radius 1 is 1.00 bits per heavy atom. The van der Waals surface area contributed by atoms with Gasteiger partial charge in [-0.2, -0.15) is 0 Å². The maximum absolute atomic E-state index is 13.4. The zero-order chi connectivity index (χ0) is 27.4. The van der Waals surface area contributed by atoms with Gasteiger partial charge in [-0.1, -0.05) is 19.1 Å². The van der Waals surface area contributed by atoms with Crippen molar-refractivity contribution in [3.05, 3.63) is 60.2 Å². The number of nitrogens with zero attached hydrogens (tertiary/aromatic N) is 5. The van der Waals surface area contributed by atoms with Crippen LogP contribution in [-0.2, 0) is 4.79 Å². The van der Waals surface area contributed by atoms with Crippen LogP contribution in [-0.4, -0.2) is 84.5 Å². The van der Waals surface area contributed by atoms with Crippen LogP contribution in [0.2, 0.25) is 0 Å². The van der Waals surface area contributed by atoms with Crippen molar-refractivity contribution in [2.45, 2.75) is 26.3 Å². The highest BCUT2D eigenvalue weighted by atomic mass is 16.7. The third kappa shape index (κ3) is 5.74. The molecule has 10 heteroatoms. The summed E-state index contributed by atoms with van der Waals surface area (Å²) in [5.74, 6) is 2.45. The molecule has 3 heterocycles. The highest BCUT2D eigenvalue weighted by Gasteiger charge is 2.29. The first-order valence-electron chi connectivity index (χ1n) is 13.2. The molecule has 2 aliphatic heterocycles. The molecule has 2 aromatic carbocycles. The van der Waals surface area contributed by atoms with Crippen LogP contribution in [0.15, 0.2) is 54.6 Å². The molecular formula is C29H33N5O5. The number of carbonyl (C=O) groups is 2. The first-order valence-corrected chi connectivity index (χ1v) is 13.2. The molecule has 0 spiro atoms. The van der Waals surface area contributed by atoms with Gasteiger partial charge in [0.2, 0.25) is 12.7 Å². The van der Waals surface area contributed by atoms with E-state index >= 15 is 0 Å². The van der Waals surface area contributed by atoms with Crippen LogP contribution in [0.3, 0.4) is 0 Å². The molecule has 0 aliphatic carbocycles. The summed E-state index contributed by atoms with van der Waals surface area (Å²) in [6, 6.07) is 16.6. The second-order valence-electron chi connectivity index (χ2n) is 9.63. The SMILES string of the molecule is CC[C@@H](C)N(CC(=O)N1CCN(c2ccc(-c3cccc(OC)c3)nn2)CC1)C(=O)c1ccc2c(c1)OCO2. The third-order valence-corrected chi connectivity index (χ3v) is 7.28. The van der Waals surface area contributed by atoms with Crippen LogP contribution in [0.4, 0.5) is 5.82 Å². The smallest absolute Gasteiger partial charge is 0.254 e. The summed E-state index contributed by atoms with van der Waals surface area (Å²) in [5.41, 5.74) is 2.18. The van der Waals surface area contributed by atoms with Gasteiger partial charge in [0.25, 0.3) is 5.91 Å². The van der Waals surface area contributed by atoms with E-state index in [2.05, 4.69) is 15.1 Å². The van der Waals surface area contributed by atoms with Gasteiger partial charge in [0.1, 0.15) is 12.3 Å². The van der Waals surface area contributed by atoms with E-state index in [1.165, 1.54) is 0 Å². The van der Waals surface area contributed by atoms with Gasteiger partial charge in [-0.25, -0.2) is 0 Å². The number of hydrogen-bond acceptors (Lipinski definition) is 8. The van der Waals surface area contributed by atoms with Crippen LogP contribution in [0.5, 0.6) is 17.2 Å². The quantitative estimate of drug-likeness (QED) is 0.436. The van der Waals surface area contributed by atoms with Gasteiger partial charge in [-0.3, -0.25) is 9.59 Å². The van der Waals surface area contributed by atoms with E-state index < -0.39 is 0 Å². The second kappa shape index (κ2) is 11.6. The molecule has 3 aromatic rings. The molecule has 0 radical (unpaired) electrons. The fourth-order valence-electron chi connectivity index (χ4n) is 4.70. The molecule has 5 rings (SSSR count). The number of fused-ring (bicyclic) bond motifs is 1. The summed E-state index contributed by atoms with van der Waals surface area (Å²) in [6.45, 7) is 6.51. The van der Waals surface area contributed by atoms with E-state index in [1.807, 2.05) is 55.1 Å². The Bertz CT molecular complexity index is 1320. The summed E-state index contributed by atoms with van der Waals surface area (Å²) in [5, 5.41) is 8.83. The molecule has 0 bridgehead atoms. The van der Waals surface area contributed by atoms with Crippen molar-refractivity contribution < 1.29 is 23.8 Å². The molecule has 0 saturated carbocycles. The number of hydrogen-bond donors (Lipinski definition) is 0. The van der Waals surface area contributed by atoms with E-state index in [-0.39, 0.29) is 31.2 Å². The number of rotatable bonds is 8. The zero-order valence-electron chi connectivity index (χ0n) is 22.5. The topological polar surface area (TPSA) is 97.3 Å². The third-order valence-electron chi connectivity index (χ3n) is 7.28. The molecule has 2 amide bonds. The summed E-state index contributed by atoms with van der Waals surface area (Å²) in [7, 11) is 1.64. The van der Waals surface area contributed by atoms with Gasteiger partial charge < -0.3 is 28.9 Å². The Morgan fingerprint density at radius 2 is 1.79 bits per heavy atom. The predicted molar refractivity (Wildman–Crippen MR) is 146 cm³/mol. The lowest BCUT2D eigenvalue weighted by atomic mass is 10.1. The molecule has 0 N–H and O–H groups in total. The number of piperazine rings is 1. The van der Waals surface area contributed by atoms with Crippen molar-refractivity contribution in [3.8, 4) is 28.5 Å². The average molecular weight is 532 g/mol. The van der Waals surface area contributed by atoms with Crippen LogP contribution in [0, 0.1) is 0 Å². The van der Waals surface area contributed by atoms with Crippen molar-refractivity contribution >= 4 is 17.6 Å². The molecule has 2 aliphatic rings. The van der Waals surface area contributed by atoms with E-state index in [0.29, 0.717) is 43.2 Å². The lowest BCUT2D eigenvalue weighted by molar-refractivity contribution is -0.132. The van der Waals surface area contributed by atoms with Crippen LogP contribution < -0.4 is 19.1 Å². The van der Waals surface area contributed by atoms with Gasteiger partial charge >= 0.3 is 0 Å². The van der Waals surface area contributed by atoms with Gasteiger partial charge in [0.05, 0.1) is 12.8 Å². The Balaban J connectivity index is 1.19. The summed E-state index contributed by atoms with van der Waals surface area (Å²) >= 11 is 0. The number of amides is 2. The normalized spacial score (nSPS) is 15.2. The Hall–Kier alpha value is -4.34. The second-order valence-corrected chi connectivity index (χ2v) is 9.63. The molecule has 1 fully saturated rings. The maximum Gasteiger partial charge on any atom is 0.254 e. The summed E-state index contributed by atoms with van der Waals surface area (Å²) in [4.78, 5) is 32.3. The van der Waals surface area contributed by atoms with Crippen molar-refractivity contribution in [1.29, 1.82) is 0 Å². The Morgan fingerprint density at radius 3 is 2.51 bits per heavy atom. The summed E-state index contributed by atoms with van der Waals surface area (Å²) in [6.07, 6.45) is 0.738. The van der Waals surface area contributed by atoms with E-state index in [0.717, 1.165) is 29.2 Å². The Labute approximate surface area is 228 Å². The molecule has 204 valence electrons. The van der Waals surface area contributed by atoms with Crippen molar-refractivity contribution in [1.82, 2.24) is 20.0 Å². The standard InChI is InChI=1S/C29H33N5O5/c1-4-20(2)34(29(36)22-8-10-25-26(17-22)39-19-38-25)18-28(35)33-14-12-32(13-15-33)27-11-9-24(30-31-27)21-6-5-7-23(16-21)37-3/h5-11,16-17,20H,4,12-15,18-19H2,1-3H3/t20-/m1/s1. The number of aromatic nitrogens is 2. The van der Waals surface area contributed by atoms with Crippen LogP contribution in [0.25, 0.3) is 11.3 Å². The number of methoxy groups -OCH3 is 1. The maximum atomic E-state index is 13.4. The predicted octanol–water partition coefficient (Wildman–Crippen LogP) is 3.47. The van der Waals surface area contributed by atoms with Crippen molar-refractivity contribution in [3.63, 3.8) is 0 Å². The van der Waals surface area contributed by atoms with Gasteiger partial charge in [0, 0.05) is 43.3 Å². The molecular weight excluding hydrogens is 498 g/mol. The van der Waals surface area contributed by atoms with Gasteiger partial charge in [-0.05, 0) is 55.8 Å². The molecule has 39 heavy (non-hydrogen) atoms. The monoisotopic (exact) mass is 531 g/mol. The lowest BCUT2D eigenvalue weighted by Crippen LogP contribution is -2.53. The molecule has 1 aromatic heterocycles. The fourth-order valence-corrected chi connectivity index (χ4v) is 4.70. The van der Waals surface area contributed by atoms with Crippen LogP contribution in [0.1, 0.15) is 30.6 Å². The van der Waals surface area contributed by atoms with Crippen molar-refractivity contribution in [2.75, 3.05) is 51.5 Å². The first-order chi connectivity index (χ1) is 19.0. The first kappa shape index (κ1) is 26.3. The number of ether oxygens (including phenoxy) is 3. The highest BCUT2D eigenvalue weighted by molar-refractivity contribution is 5.97. The Kier molecular flexibility index (Phi) is 7.81. The molecule has 10 nitrogen and oxygen atoms in total. The average Bonchev–Trinajstić information content (AvgIpc) is 3.47. The minimum atomic E-state index is -0.193. The molecule has 1 atom stereocenters. The minimum Gasteiger partial charge on any atom is -0.497 e. The number of anilines is 1. The fraction of sp³-hybridized carbons (Fsp3) is 0.379. The minimum absolute atomic E-state index is 0.0251. The lowest BCUT2D eigenvalue weighted by Gasteiger charge is -2.37. The highest BCUT2D eigenvalue weighted by Crippen LogP contribution is 2.33. The van der Waals surface area contributed by atoms with Gasteiger partial charge in [-0.15, -0.1) is 10.2 Å². The summed E-state index contributed by atoms with van der Waals surface area (Å²) < 4.78 is 16.1. The van der Waals surface area contributed by atoms with Crippen LogP contribution >= 0.6 is 0 Å². The largest absolute Gasteiger partial charge is 0.497 e. The molecule has 1 saturated heterocycles. The number of carbonyl (C=O) groups excluding carboxylic acids is 2. The van der Waals surface area contributed by atoms with E-state index in [4.69, 9.17) is 14.2 Å². The van der Waals surface area contributed by atoms with E-state index in [9.17, 15) is 9.59 Å². The van der Waals surface area contributed by atoms with Gasteiger partial charge in [0.15, 0.2) is 17.3 Å². The van der Waals surface area contributed by atoms with E-state index in [1.54, 1.807) is 30.2 Å².